The number of carbonyl (C=O) groups excluding carboxylic acids is 1. The summed E-state index contributed by atoms with van der Waals surface area (Å²) < 4.78 is 16.2. The van der Waals surface area contributed by atoms with E-state index in [0.29, 0.717) is 11.3 Å². The van der Waals surface area contributed by atoms with Gasteiger partial charge in [0.05, 0.1) is 6.26 Å². The molecule has 2 aromatic rings. The molecule has 1 aromatic heterocycles. The van der Waals surface area contributed by atoms with Gasteiger partial charge < -0.3 is 13.9 Å². The SMILES string of the molecule is Cc1occc(=O)c1OC(N)C(C(=O)OC(C)(C)C)c1ccccc1. The van der Waals surface area contributed by atoms with Gasteiger partial charge in [0.25, 0.3) is 0 Å². The Morgan fingerprint density at radius 3 is 2.36 bits per heavy atom. The first kappa shape index (κ1) is 18.7. The third-order valence-electron chi connectivity index (χ3n) is 3.41. The number of rotatable bonds is 5. The van der Waals surface area contributed by atoms with Gasteiger partial charge in [-0.05, 0) is 33.3 Å². The van der Waals surface area contributed by atoms with Crippen LogP contribution in [0.2, 0.25) is 0 Å². The number of hydrogen-bond acceptors (Lipinski definition) is 6. The minimum atomic E-state index is -1.11. The van der Waals surface area contributed by atoms with Crippen LogP contribution in [-0.4, -0.2) is 17.8 Å². The van der Waals surface area contributed by atoms with Crippen molar-refractivity contribution in [2.75, 3.05) is 0 Å². The Balaban J connectivity index is 2.35. The molecule has 0 spiro atoms. The van der Waals surface area contributed by atoms with E-state index in [0.717, 1.165) is 0 Å². The second-order valence-electron chi connectivity index (χ2n) is 6.67. The van der Waals surface area contributed by atoms with Crippen molar-refractivity contribution in [1.29, 1.82) is 0 Å². The summed E-state index contributed by atoms with van der Waals surface area (Å²) in [5.74, 6) is -1.14. The molecule has 0 aliphatic rings. The summed E-state index contributed by atoms with van der Waals surface area (Å²) >= 11 is 0. The molecule has 2 N–H and O–H groups in total. The Morgan fingerprint density at radius 2 is 1.80 bits per heavy atom. The summed E-state index contributed by atoms with van der Waals surface area (Å²) in [4.78, 5) is 24.7. The Hall–Kier alpha value is -2.60. The number of nitrogens with two attached hydrogens (primary N) is 1. The smallest absolute Gasteiger partial charge is 0.319 e. The molecule has 0 fully saturated rings. The Labute approximate surface area is 146 Å². The highest BCUT2D eigenvalue weighted by Crippen LogP contribution is 2.25. The number of hydrogen-bond donors (Lipinski definition) is 1. The van der Waals surface area contributed by atoms with Gasteiger partial charge in [0, 0.05) is 6.07 Å². The van der Waals surface area contributed by atoms with Crippen LogP contribution in [0.25, 0.3) is 0 Å². The fourth-order valence-electron chi connectivity index (χ4n) is 2.33. The second-order valence-corrected chi connectivity index (χ2v) is 6.67. The van der Waals surface area contributed by atoms with E-state index < -0.39 is 23.7 Å². The zero-order valence-corrected chi connectivity index (χ0v) is 14.8. The van der Waals surface area contributed by atoms with Crippen LogP contribution >= 0.6 is 0 Å². The highest BCUT2D eigenvalue weighted by atomic mass is 16.6. The quantitative estimate of drug-likeness (QED) is 0.662. The summed E-state index contributed by atoms with van der Waals surface area (Å²) in [5, 5.41) is 0. The van der Waals surface area contributed by atoms with E-state index in [9.17, 15) is 9.59 Å². The third kappa shape index (κ3) is 4.93. The predicted octanol–water partition coefficient (Wildman–Crippen LogP) is 2.74. The van der Waals surface area contributed by atoms with E-state index >= 15 is 0 Å². The molecule has 2 atom stereocenters. The molecule has 0 aliphatic carbocycles. The summed E-state index contributed by atoms with van der Waals surface area (Å²) in [6.45, 7) is 6.91. The third-order valence-corrected chi connectivity index (χ3v) is 3.41. The van der Waals surface area contributed by atoms with Crippen LogP contribution in [-0.2, 0) is 9.53 Å². The summed E-state index contributed by atoms with van der Waals surface area (Å²) in [7, 11) is 0. The van der Waals surface area contributed by atoms with Gasteiger partial charge in [0.1, 0.15) is 17.3 Å². The Bertz CT molecular complexity index is 776. The van der Waals surface area contributed by atoms with E-state index in [1.54, 1.807) is 52.0 Å². The average Bonchev–Trinajstić information content (AvgIpc) is 2.50. The molecule has 1 heterocycles. The number of carbonyl (C=O) groups is 1. The van der Waals surface area contributed by atoms with Crippen LogP contribution in [0.15, 0.2) is 51.9 Å². The van der Waals surface area contributed by atoms with Crippen molar-refractivity contribution >= 4 is 5.97 Å². The molecule has 1 aromatic carbocycles. The Kier molecular flexibility index (Phi) is 5.64. The van der Waals surface area contributed by atoms with Crippen molar-refractivity contribution in [3.05, 3.63) is 64.2 Å². The predicted molar refractivity (Wildman–Crippen MR) is 93.3 cm³/mol. The Morgan fingerprint density at radius 1 is 1.16 bits per heavy atom. The lowest BCUT2D eigenvalue weighted by Crippen LogP contribution is -2.42. The molecule has 6 heteroatoms. The average molecular weight is 345 g/mol. The standard InChI is InChI=1S/C19H23NO5/c1-12-16(14(21)10-11-23-12)24-17(20)15(13-8-6-5-7-9-13)18(22)25-19(2,3)4/h5-11,15,17H,20H2,1-4H3. The first-order chi connectivity index (χ1) is 11.7. The lowest BCUT2D eigenvalue weighted by Gasteiger charge is -2.27. The molecule has 134 valence electrons. The molecule has 2 unspecified atom stereocenters. The molecular formula is C19H23NO5. The highest BCUT2D eigenvalue weighted by molar-refractivity contribution is 5.79. The zero-order valence-electron chi connectivity index (χ0n) is 14.8. The monoisotopic (exact) mass is 345 g/mol. The van der Waals surface area contributed by atoms with Gasteiger partial charge in [-0.15, -0.1) is 0 Å². The maximum atomic E-state index is 12.7. The summed E-state index contributed by atoms with van der Waals surface area (Å²) in [6.07, 6.45) is 0.166. The van der Waals surface area contributed by atoms with Gasteiger partial charge in [-0.1, -0.05) is 30.3 Å². The molecule has 0 aliphatic heterocycles. The number of benzene rings is 1. The van der Waals surface area contributed by atoms with Crippen molar-refractivity contribution in [2.45, 2.75) is 45.4 Å². The molecule has 6 nitrogen and oxygen atoms in total. The molecule has 25 heavy (non-hydrogen) atoms. The topological polar surface area (TPSA) is 91.8 Å². The first-order valence-corrected chi connectivity index (χ1v) is 7.97. The highest BCUT2D eigenvalue weighted by Gasteiger charge is 2.34. The van der Waals surface area contributed by atoms with Gasteiger partial charge in [-0.2, -0.15) is 0 Å². The van der Waals surface area contributed by atoms with Crippen LogP contribution in [0.4, 0.5) is 0 Å². The van der Waals surface area contributed by atoms with Crippen LogP contribution < -0.4 is 15.9 Å². The van der Waals surface area contributed by atoms with Crippen molar-refractivity contribution in [3.8, 4) is 5.75 Å². The largest absolute Gasteiger partial charge is 0.467 e. The lowest BCUT2D eigenvalue weighted by molar-refractivity contribution is -0.159. The second kappa shape index (κ2) is 7.53. The van der Waals surface area contributed by atoms with Crippen LogP contribution in [0, 0.1) is 6.92 Å². The fourth-order valence-corrected chi connectivity index (χ4v) is 2.33. The number of aryl methyl sites for hydroxylation is 1. The van der Waals surface area contributed by atoms with E-state index in [1.165, 1.54) is 12.3 Å². The van der Waals surface area contributed by atoms with Crippen molar-refractivity contribution in [2.24, 2.45) is 5.73 Å². The zero-order chi connectivity index (χ0) is 18.6. The first-order valence-electron chi connectivity index (χ1n) is 7.97. The minimum Gasteiger partial charge on any atom is -0.467 e. The molecule has 0 bridgehead atoms. The molecule has 0 saturated heterocycles. The van der Waals surface area contributed by atoms with Crippen LogP contribution in [0.3, 0.4) is 0 Å². The van der Waals surface area contributed by atoms with Crippen molar-refractivity contribution < 1.29 is 18.7 Å². The van der Waals surface area contributed by atoms with E-state index in [1.807, 2.05) is 6.07 Å². The number of esters is 1. The van der Waals surface area contributed by atoms with E-state index in [4.69, 9.17) is 19.6 Å². The summed E-state index contributed by atoms with van der Waals surface area (Å²) in [5.41, 5.74) is 5.74. The summed E-state index contributed by atoms with van der Waals surface area (Å²) in [6, 6.07) is 10.2. The minimum absolute atomic E-state index is 0.0144. The van der Waals surface area contributed by atoms with Gasteiger partial charge in [0.2, 0.25) is 11.2 Å². The molecular weight excluding hydrogens is 322 g/mol. The molecule has 0 amide bonds. The number of ether oxygens (including phenoxy) is 2. The fraction of sp³-hybridized carbons (Fsp3) is 0.368. The lowest BCUT2D eigenvalue weighted by atomic mass is 9.97. The van der Waals surface area contributed by atoms with Gasteiger partial charge in [-0.25, -0.2) is 0 Å². The van der Waals surface area contributed by atoms with E-state index in [2.05, 4.69) is 0 Å². The molecule has 0 radical (unpaired) electrons. The van der Waals surface area contributed by atoms with Crippen LogP contribution in [0.5, 0.6) is 5.75 Å². The molecule has 2 rings (SSSR count). The van der Waals surface area contributed by atoms with Gasteiger partial charge in [0.15, 0.2) is 6.23 Å². The maximum absolute atomic E-state index is 12.7. The van der Waals surface area contributed by atoms with E-state index in [-0.39, 0.29) is 11.2 Å². The van der Waals surface area contributed by atoms with Gasteiger partial charge in [-0.3, -0.25) is 15.3 Å². The van der Waals surface area contributed by atoms with Gasteiger partial charge >= 0.3 is 5.97 Å². The van der Waals surface area contributed by atoms with Crippen LogP contribution in [0.1, 0.15) is 38.0 Å². The van der Waals surface area contributed by atoms with Crippen molar-refractivity contribution in [3.63, 3.8) is 0 Å². The normalized spacial score (nSPS) is 13.8. The van der Waals surface area contributed by atoms with Crippen molar-refractivity contribution in [1.82, 2.24) is 0 Å². The maximum Gasteiger partial charge on any atom is 0.319 e. The molecule has 0 saturated carbocycles.